The van der Waals surface area contributed by atoms with Crippen LogP contribution in [0.5, 0.6) is 0 Å². The van der Waals surface area contributed by atoms with Crippen LogP contribution < -0.4 is 5.32 Å². The molecule has 0 aromatic heterocycles. The molecule has 0 unspecified atom stereocenters. The van der Waals surface area contributed by atoms with Gasteiger partial charge in [0.15, 0.2) is 0 Å². The van der Waals surface area contributed by atoms with E-state index in [0.29, 0.717) is 0 Å². The zero-order chi connectivity index (χ0) is 16.3. The maximum absolute atomic E-state index is 13.8. The molecule has 2 rings (SSSR count). The molecule has 1 amide bonds. The average Bonchev–Trinajstić information content (AvgIpc) is 2.86. The molecule has 1 aromatic rings. The van der Waals surface area contributed by atoms with Crippen molar-refractivity contribution in [1.29, 1.82) is 5.26 Å². The summed E-state index contributed by atoms with van der Waals surface area (Å²) in [6.45, 7) is 4.95. The number of likely N-dealkylation sites (tertiary alicyclic amines) is 1. The van der Waals surface area contributed by atoms with Crippen molar-refractivity contribution < 1.29 is 9.18 Å². The Morgan fingerprint density at radius 3 is 2.91 bits per heavy atom. The highest BCUT2D eigenvalue weighted by Gasteiger charge is 2.37. The van der Waals surface area contributed by atoms with Gasteiger partial charge in [-0.05, 0) is 38.0 Å². The maximum atomic E-state index is 13.8. The van der Waals surface area contributed by atoms with Gasteiger partial charge in [-0.3, -0.25) is 9.69 Å². The summed E-state index contributed by atoms with van der Waals surface area (Å²) in [5.74, 6) is -0.755. The lowest BCUT2D eigenvalue weighted by molar-refractivity contribution is -0.121. The number of nitrogens with one attached hydrogen (secondary N) is 1. The van der Waals surface area contributed by atoms with Gasteiger partial charge in [0.2, 0.25) is 5.91 Å². The highest BCUT2D eigenvalue weighted by Crippen LogP contribution is 2.35. The first kappa shape index (κ1) is 16.7. The van der Waals surface area contributed by atoms with Crippen LogP contribution in [0.15, 0.2) is 18.2 Å². The Bertz CT molecular complexity index is 600. The molecule has 0 bridgehead atoms. The lowest BCUT2D eigenvalue weighted by atomic mass is 9.99. The number of hydrogen-bond acceptors (Lipinski definition) is 3. The molecule has 6 heteroatoms. The van der Waals surface area contributed by atoms with Gasteiger partial charge in [0.05, 0.1) is 17.1 Å². The van der Waals surface area contributed by atoms with Crippen LogP contribution in [0.1, 0.15) is 38.3 Å². The molecule has 4 nitrogen and oxygen atoms in total. The number of amides is 1. The van der Waals surface area contributed by atoms with E-state index in [1.165, 1.54) is 12.1 Å². The molecule has 0 spiro atoms. The highest BCUT2D eigenvalue weighted by atomic mass is 35.5. The fraction of sp³-hybridized carbons (Fsp3) is 0.500. The number of benzene rings is 1. The predicted molar refractivity (Wildman–Crippen MR) is 82.8 cm³/mol. The molecule has 118 valence electrons. The summed E-state index contributed by atoms with van der Waals surface area (Å²) in [5, 5.41) is 11.6. The fourth-order valence-electron chi connectivity index (χ4n) is 3.00. The molecule has 1 N–H and O–H groups in total. The molecule has 22 heavy (non-hydrogen) atoms. The Balaban J connectivity index is 2.28. The Kier molecular flexibility index (Phi) is 5.38. The fourth-order valence-corrected chi connectivity index (χ4v) is 3.11. The number of nitrogens with zero attached hydrogens (tertiary/aromatic N) is 2. The van der Waals surface area contributed by atoms with Crippen LogP contribution in [0.2, 0.25) is 5.02 Å². The Morgan fingerprint density at radius 1 is 1.59 bits per heavy atom. The van der Waals surface area contributed by atoms with Crippen molar-refractivity contribution in [1.82, 2.24) is 10.2 Å². The number of halogens is 2. The second-order valence-corrected chi connectivity index (χ2v) is 6.15. The molecular weight excluding hydrogens is 305 g/mol. The van der Waals surface area contributed by atoms with Gasteiger partial charge in [0.1, 0.15) is 12.2 Å². The lowest BCUT2D eigenvalue weighted by Gasteiger charge is -2.32. The van der Waals surface area contributed by atoms with Gasteiger partial charge in [0.25, 0.3) is 0 Å². The molecule has 1 fully saturated rings. The summed E-state index contributed by atoms with van der Waals surface area (Å²) >= 11 is 5.75. The van der Waals surface area contributed by atoms with Gasteiger partial charge in [-0.25, -0.2) is 4.39 Å². The minimum Gasteiger partial charge on any atom is -0.351 e. The van der Waals surface area contributed by atoms with Crippen molar-refractivity contribution in [3.63, 3.8) is 0 Å². The van der Waals surface area contributed by atoms with Crippen molar-refractivity contribution >= 4 is 17.5 Å². The van der Waals surface area contributed by atoms with Gasteiger partial charge >= 0.3 is 0 Å². The standard InChI is InChI=1S/C16H19ClFN3O/c1-10(2)21-8-6-14(20-15(22)5-7-19)16(21)11-3-4-12(17)13(18)9-11/h3-4,9-10,14,16H,5-6,8H2,1-2H3,(H,20,22)/t14-,16+/m1/s1. The zero-order valence-corrected chi connectivity index (χ0v) is 13.4. The number of hydrogen-bond donors (Lipinski definition) is 1. The van der Waals surface area contributed by atoms with Crippen molar-refractivity contribution in [2.24, 2.45) is 0 Å². The first-order valence-corrected chi connectivity index (χ1v) is 7.69. The van der Waals surface area contributed by atoms with E-state index in [-0.39, 0.29) is 35.5 Å². The molecule has 2 atom stereocenters. The van der Waals surface area contributed by atoms with Crippen LogP contribution in [0, 0.1) is 17.1 Å². The van der Waals surface area contributed by atoms with Crippen molar-refractivity contribution in [2.75, 3.05) is 6.54 Å². The van der Waals surface area contributed by atoms with Crippen LogP contribution in [-0.2, 0) is 4.79 Å². The normalized spacial score (nSPS) is 21.8. The third-order valence-electron chi connectivity index (χ3n) is 3.97. The number of rotatable bonds is 4. The SMILES string of the molecule is CC(C)N1CC[C@@H](NC(=O)CC#N)[C@@H]1c1ccc(Cl)c(F)c1. The van der Waals surface area contributed by atoms with Crippen LogP contribution in [0.4, 0.5) is 4.39 Å². The molecule has 0 radical (unpaired) electrons. The van der Waals surface area contributed by atoms with E-state index in [0.717, 1.165) is 18.5 Å². The Hall–Kier alpha value is -1.64. The van der Waals surface area contributed by atoms with Crippen LogP contribution in [0.3, 0.4) is 0 Å². The van der Waals surface area contributed by atoms with Crippen molar-refractivity contribution in [3.8, 4) is 6.07 Å². The third-order valence-corrected chi connectivity index (χ3v) is 4.28. The van der Waals surface area contributed by atoms with E-state index in [9.17, 15) is 9.18 Å². The summed E-state index contributed by atoms with van der Waals surface area (Å²) in [5.41, 5.74) is 0.787. The average molecular weight is 324 g/mol. The monoisotopic (exact) mass is 323 g/mol. The molecule has 0 saturated carbocycles. The van der Waals surface area contributed by atoms with Crippen molar-refractivity contribution in [2.45, 2.75) is 44.8 Å². The molecular formula is C16H19ClFN3O. The minimum atomic E-state index is -0.461. The maximum Gasteiger partial charge on any atom is 0.234 e. The first-order chi connectivity index (χ1) is 10.4. The van der Waals surface area contributed by atoms with Crippen LogP contribution in [-0.4, -0.2) is 29.4 Å². The Morgan fingerprint density at radius 2 is 2.32 bits per heavy atom. The lowest BCUT2D eigenvalue weighted by Crippen LogP contribution is -2.41. The van der Waals surface area contributed by atoms with E-state index < -0.39 is 5.82 Å². The largest absolute Gasteiger partial charge is 0.351 e. The highest BCUT2D eigenvalue weighted by molar-refractivity contribution is 6.30. The second-order valence-electron chi connectivity index (χ2n) is 5.75. The summed E-state index contributed by atoms with van der Waals surface area (Å²) in [6.07, 6.45) is 0.601. The van der Waals surface area contributed by atoms with Gasteiger partial charge in [-0.2, -0.15) is 5.26 Å². The van der Waals surface area contributed by atoms with Crippen LogP contribution >= 0.6 is 11.6 Å². The molecule has 1 aliphatic rings. The van der Waals surface area contributed by atoms with E-state index >= 15 is 0 Å². The number of carbonyl (C=O) groups is 1. The topological polar surface area (TPSA) is 56.1 Å². The summed E-state index contributed by atoms with van der Waals surface area (Å²) in [4.78, 5) is 13.9. The second kappa shape index (κ2) is 7.08. The molecule has 0 aliphatic carbocycles. The van der Waals surface area contributed by atoms with E-state index in [2.05, 4.69) is 24.1 Å². The number of nitriles is 1. The Labute approximate surface area is 134 Å². The van der Waals surface area contributed by atoms with Gasteiger partial charge < -0.3 is 5.32 Å². The minimum absolute atomic E-state index is 0.0860. The third kappa shape index (κ3) is 3.57. The summed E-state index contributed by atoms with van der Waals surface area (Å²) < 4.78 is 13.8. The molecule has 1 aliphatic heterocycles. The van der Waals surface area contributed by atoms with E-state index in [1.54, 1.807) is 6.07 Å². The van der Waals surface area contributed by atoms with E-state index in [1.807, 2.05) is 6.07 Å². The zero-order valence-electron chi connectivity index (χ0n) is 12.6. The summed E-state index contributed by atoms with van der Waals surface area (Å²) in [7, 11) is 0. The predicted octanol–water partition coefficient (Wildman–Crippen LogP) is 3.03. The quantitative estimate of drug-likeness (QED) is 0.926. The van der Waals surface area contributed by atoms with Crippen molar-refractivity contribution in [3.05, 3.63) is 34.6 Å². The summed E-state index contributed by atoms with van der Waals surface area (Å²) in [6, 6.07) is 6.62. The van der Waals surface area contributed by atoms with Crippen LogP contribution in [0.25, 0.3) is 0 Å². The molecule has 1 saturated heterocycles. The van der Waals surface area contributed by atoms with Gasteiger partial charge in [-0.1, -0.05) is 17.7 Å². The molecule has 1 heterocycles. The number of carbonyl (C=O) groups excluding carboxylic acids is 1. The first-order valence-electron chi connectivity index (χ1n) is 7.31. The van der Waals surface area contributed by atoms with Gasteiger partial charge in [0, 0.05) is 18.6 Å². The van der Waals surface area contributed by atoms with Gasteiger partial charge in [-0.15, -0.1) is 0 Å². The van der Waals surface area contributed by atoms with E-state index in [4.69, 9.17) is 16.9 Å². The molecule has 1 aromatic carbocycles. The smallest absolute Gasteiger partial charge is 0.234 e.